The lowest BCUT2D eigenvalue weighted by molar-refractivity contribution is -0.0925. The van der Waals surface area contributed by atoms with Gasteiger partial charge in [0, 0.05) is 33.0 Å². The summed E-state index contributed by atoms with van der Waals surface area (Å²) in [6.45, 7) is 108. The molecule has 0 rings (SSSR count). The van der Waals surface area contributed by atoms with E-state index in [2.05, 4.69) is 48.5 Å². The van der Waals surface area contributed by atoms with Crippen molar-refractivity contribution in [2.45, 2.75) is 410 Å². The molecule has 0 aliphatic heterocycles. The number of hydrogen-bond acceptors (Lipinski definition) is 22. The molecule has 0 aromatic carbocycles. The van der Waals surface area contributed by atoms with Gasteiger partial charge in [-0.05, 0) is 304 Å². The van der Waals surface area contributed by atoms with Crippen LogP contribution in [0.25, 0.3) is 0 Å². The Bertz CT molecular complexity index is 1780. The molecule has 4 atom stereocenters. The molecule has 0 saturated carbocycles. The van der Waals surface area contributed by atoms with Gasteiger partial charge >= 0.3 is 0 Å². The van der Waals surface area contributed by atoms with E-state index in [-0.39, 0.29) is 93.1 Å². The summed E-state index contributed by atoms with van der Waals surface area (Å²) in [7, 11) is 0. The summed E-state index contributed by atoms with van der Waals surface area (Å²) < 4.78 is 119. The summed E-state index contributed by atoms with van der Waals surface area (Å²) >= 11 is 0. The van der Waals surface area contributed by atoms with Crippen molar-refractivity contribution in [3.63, 3.8) is 0 Å². The van der Waals surface area contributed by atoms with Crippen LogP contribution in [0.1, 0.15) is 311 Å². The number of hydrogen-bond donors (Lipinski definition) is 0. The maximum atomic E-state index is 5.70. The monoisotopic (exact) mass is 1620 g/mol. The third-order valence-electron chi connectivity index (χ3n) is 11.3. The molecule has 4 unspecified atom stereocenters. The molecule has 0 N–H and O–H groups in total. The van der Waals surface area contributed by atoms with E-state index in [1.54, 1.807) is 0 Å². The maximum absolute atomic E-state index is 5.70. The van der Waals surface area contributed by atoms with E-state index in [1.165, 1.54) is 0 Å². The van der Waals surface area contributed by atoms with Crippen LogP contribution in [0.5, 0.6) is 0 Å². The number of ether oxygens (including phenoxy) is 22. The largest absolute Gasteiger partial charge is 0.379 e. The summed E-state index contributed by atoms with van der Waals surface area (Å²) in [6, 6.07) is 0. The van der Waals surface area contributed by atoms with Gasteiger partial charge in [-0.25, -0.2) is 0 Å². The zero-order valence-electron chi connectivity index (χ0n) is 81.9. The molecule has 22 nitrogen and oxygen atoms in total. The molecule has 0 amide bonds. The van der Waals surface area contributed by atoms with E-state index < -0.39 is 0 Å². The molecule has 684 valence electrons. The maximum Gasteiger partial charge on any atom is 0.0787 e. The highest BCUT2D eigenvalue weighted by molar-refractivity contribution is 4.67. The molecule has 0 aliphatic carbocycles. The van der Waals surface area contributed by atoms with Crippen LogP contribution in [0.2, 0.25) is 0 Å². The molecule has 0 aromatic heterocycles. The standard InChI is InChI=1S/C12H26O3.2C11H24O3.C10H22O3.C10H22O2.3C9H20O2.C8H18O2/c1-10(2)14-8-7-13-9-11(3)15-12(4,5)6;1-10(2)13-8-6-12-7-9-14-11(3,4)5;1-6-12-7-8-13-9-10(2)14-11(3,4)5;1-5-11-6-7-12-8-9-13-10(2,3)4;1-8(2)11-7-9(3)12-10(4,5)6;1-8(2)10-6-7-11-9(3,4)5;1-6-10-7-8(2)11-9(3,4)5;1-5-6-10-7-8-11-9(2,3)4;1-5-9-6-7-10-8(2,3)4/h10-11H,7-9H2,1-6H3;2*10H,6-9H2,1-5H3;5-9H2,1-4H3;8-9H,7H2,1-6H3;2*8H,6-7H2,1-5H3;5-8H2,1-4H3;5-7H2,1-4H3. The zero-order chi connectivity index (χ0) is 88.5. The molecule has 0 fully saturated rings. The van der Waals surface area contributed by atoms with E-state index in [4.69, 9.17) is 104 Å². The molecule has 0 aromatic rings. The van der Waals surface area contributed by atoms with Gasteiger partial charge in [0.15, 0.2) is 0 Å². The highest BCUT2D eigenvalue weighted by atomic mass is 16.6. The van der Waals surface area contributed by atoms with Crippen LogP contribution in [0.4, 0.5) is 0 Å². The second-order valence-electron chi connectivity index (χ2n) is 36.3. The molecule has 0 spiro atoms. The Morgan fingerprint density at radius 2 is 0.351 bits per heavy atom. The fraction of sp³-hybridized carbons (Fsp3) is 1.00. The van der Waals surface area contributed by atoms with Gasteiger partial charge in [0.05, 0.1) is 245 Å². The smallest absolute Gasteiger partial charge is 0.0787 e. The fourth-order valence-electron chi connectivity index (χ4n) is 7.72. The normalized spacial score (nSPS) is 13.4. The molecule has 0 aliphatic rings. The summed E-state index contributed by atoms with van der Waals surface area (Å²) in [4.78, 5) is 0. The second kappa shape index (κ2) is 78.9. The first-order valence-corrected chi connectivity index (χ1v) is 42.1. The third-order valence-corrected chi connectivity index (χ3v) is 11.3. The van der Waals surface area contributed by atoms with E-state index >= 15 is 0 Å². The molecule has 0 heterocycles. The van der Waals surface area contributed by atoms with Crippen molar-refractivity contribution in [2.75, 3.05) is 178 Å². The van der Waals surface area contributed by atoms with Crippen LogP contribution in [-0.4, -0.2) is 278 Å². The summed E-state index contributed by atoms with van der Waals surface area (Å²) in [5, 5.41) is 0. The minimum absolute atomic E-state index is 0.0307. The Morgan fingerprint density at radius 1 is 0.171 bits per heavy atom. The Kier molecular flexibility index (Phi) is 91.2. The summed E-state index contributed by atoms with van der Waals surface area (Å²) in [5.41, 5.74) is -0.565. The predicted molar refractivity (Wildman–Crippen MR) is 464 cm³/mol. The fourth-order valence-corrected chi connectivity index (χ4v) is 7.72. The van der Waals surface area contributed by atoms with E-state index in [1.807, 2.05) is 256 Å². The molecule has 0 bridgehead atoms. The summed E-state index contributed by atoms with van der Waals surface area (Å²) in [5.74, 6) is 0. The average molecular weight is 1620 g/mol. The van der Waals surface area contributed by atoms with Crippen LogP contribution >= 0.6 is 0 Å². The van der Waals surface area contributed by atoms with Gasteiger partial charge in [-0.1, -0.05) is 6.92 Å². The molecule has 111 heavy (non-hydrogen) atoms. The Balaban J connectivity index is -0.000000151. The third kappa shape index (κ3) is 165. The van der Waals surface area contributed by atoms with Crippen LogP contribution < -0.4 is 0 Å². The van der Waals surface area contributed by atoms with Gasteiger partial charge in [-0.15, -0.1) is 0 Å². The average Bonchev–Trinajstić information content (AvgIpc) is 0.959. The van der Waals surface area contributed by atoms with Crippen molar-refractivity contribution >= 4 is 0 Å². The molecular formula is C89H196O22. The summed E-state index contributed by atoms with van der Waals surface area (Å²) in [6.07, 6.45) is 2.86. The Hall–Kier alpha value is -0.880. The first-order valence-electron chi connectivity index (χ1n) is 42.1. The van der Waals surface area contributed by atoms with E-state index in [0.717, 1.165) is 39.5 Å². The van der Waals surface area contributed by atoms with Crippen molar-refractivity contribution in [3.8, 4) is 0 Å². The first-order chi connectivity index (χ1) is 50.5. The Morgan fingerprint density at radius 3 is 0.586 bits per heavy atom. The zero-order valence-corrected chi connectivity index (χ0v) is 81.9. The van der Waals surface area contributed by atoms with Crippen LogP contribution in [0, 0.1) is 0 Å². The van der Waals surface area contributed by atoms with Gasteiger partial charge in [0.2, 0.25) is 0 Å². The number of rotatable bonds is 49. The van der Waals surface area contributed by atoms with Gasteiger partial charge in [-0.3, -0.25) is 0 Å². The van der Waals surface area contributed by atoms with Crippen LogP contribution in [0.3, 0.4) is 0 Å². The van der Waals surface area contributed by atoms with Crippen LogP contribution in [0.15, 0.2) is 0 Å². The lowest BCUT2D eigenvalue weighted by atomic mass is 10.2. The molecular weight excluding hydrogens is 1420 g/mol. The van der Waals surface area contributed by atoms with Gasteiger partial charge in [-0.2, -0.15) is 0 Å². The van der Waals surface area contributed by atoms with E-state index in [0.29, 0.717) is 151 Å². The highest BCUT2D eigenvalue weighted by Gasteiger charge is 2.19. The minimum Gasteiger partial charge on any atom is -0.379 e. The minimum atomic E-state index is -0.1000. The van der Waals surface area contributed by atoms with Crippen LogP contribution in [-0.2, 0) is 104 Å². The lowest BCUT2D eigenvalue weighted by Crippen LogP contribution is -2.29. The SMILES string of the molecule is CC(C)OCC(C)OC(C)(C)C.CC(C)OCCOC(C)(C)C.CC(C)OCCOCC(C)OC(C)(C)C.CC(C)OCCOCCOC(C)(C)C.CCCOCCOC(C)(C)C.CCOCC(C)OC(C)(C)C.CCOCCOC(C)(C)C.CCOCCOCC(C)OC(C)(C)C.CCOCCOCCOC(C)(C)C. The molecule has 0 radical (unpaired) electrons. The van der Waals surface area contributed by atoms with Crippen molar-refractivity contribution in [1.29, 1.82) is 0 Å². The lowest BCUT2D eigenvalue weighted by Gasteiger charge is -2.25. The van der Waals surface area contributed by atoms with Gasteiger partial charge in [0.1, 0.15) is 0 Å². The van der Waals surface area contributed by atoms with Crippen molar-refractivity contribution in [3.05, 3.63) is 0 Å². The predicted octanol–water partition coefficient (Wildman–Crippen LogP) is 20.1. The first kappa shape index (κ1) is 128. The molecule has 22 heteroatoms. The second-order valence-corrected chi connectivity index (χ2v) is 36.3. The van der Waals surface area contributed by atoms with Crippen molar-refractivity contribution in [1.82, 2.24) is 0 Å². The van der Waals surface area contributed by atoms with Crippen molar-refractivity contribution < 1.29 is 104 Å². The van der Waals surface area contributed by atoms with E-state index in [9.17, 15) is 0 Å². The topological polar surface area (TPSA) is 203 Å². The van der Waals surface area contributed by atoms with Gasteiger partial charge in [0.25, 0.3) is 0 Å². The quantitative estimate of drug-likeness (QED) is 0.0520. The highest BCUT2D eigenvalue weighted by Crippen LogP contribution is 2.15. The Labute approximate surface area is 689 Å². The van der Waals surface area contributed by atoms with Gasteiger partial charge < -0.3 is 104 Å². The molecule has 0 saturated heterocycles. The van der Waals surface area contributed by atoms with Crippen molar-refractivity contribution in [2.24, 2.45) is 0 Å².